The number of anilines is 1. The summed E-state index contributed by atoms with van der Waals surface area (Å²) in [6.45, 7) is 2.84. The van der Waals surface area contributed by atoms with E-state index in [1.54, 1.807) is 29.3 Å². The molecule has 3 rings (SSSR count). The first-order valence-electron chi connectivity index (χ1n) is 7.83. The Morgan fingerprint density at radius 2 is 2.08 bits per heavy atom. The molecule has 2 N–H and O–H groups in total. The zero-order valence-electron chi connectivity index (χ0n) is 13.7. The van der Waals surface area contributed by atoms with Crippen LogP contribution in [0.2, 0.25) is 0 Å². The number of carbonyl (C=O) groups excluding carboxylic acids is 1. The fourth-order valence-corrected chi connectivity index (χ4v) is 2.24. The summed E-state index contributed by atoms with van der Waals surface area (Å²) in [4.78, 5) is 20.3. The van der Waals surface area contributed by atoms with E-state index >= 15 is 0 Å². The van der Waals surface area contributed by atoms with Crippen LogP contribution >= 0.6 is 0 Å². The highest BCUT2D eigenvalue weighted by atomic mass is 16.5. The number of benzene rings is 1. The van der Waals surface area contributed by atoms with Crippen molar-refractivity contribution in [2.75, 3.05) is 11.9 Å². The Labute approximate surface area is 144 Å². The van der Waals surface area contributed by atoms with E-state index in [1.165, 1.54) is 6.33 Å². The molecule has 2 aromatic heterocycles. The Kier molecular flexibility index (Phi) is 5.20. The predicted octanol–water partition coefficient (Wildman–Crippen LogP) is 2.38. The van der Waals surface area contributed by atoms with Gasteiger partial charge in [0.1, 0.15) is 18.4 Å². The summed E-state index contributed by atoms with van der Waals surface area (Å²) in [5.74, 6) is 1.39. The number of pyridine rings is 1. The minimum atomic E-state index is -0.308. The highest BCUT2D eigenvalue weighted by Gasteiger charge is 2.08. The monoisotopic (exact) mass is 338 g/mol. The average molecular weight is 338 g/mol. The summed E-state index contributed by atoms with van der Waals surface area (Å²) < 4.78 is 6.93. The van der Waals surface area contributed by atoms with Gasteiger partial charge in [0.25, 0.3) is 0 Å². The van der Waals surface area contributed by atoms with Crippen LogP contribution < -0.4 is 15.4 Å². The van der Waals surface area contributed by atoms with Gasteiger partial charge in [0.15, 0.2) is 5.82 Å². The van der Waals surface area contributed by atoms with Gasteiger partial charge in [0, 0.05) is 24.0 Å². The molecule has 8 nitrogen and oxygen atoms in total. The third-order valence-corrected chi connectivity index (χ3v) is 3.37. The van der Waals surface area contributed by atoms with Crippen molar-refractivity contribution in [1.82, 2.24) is 25.1 Å². The molecule has 8 heteroatoms. The maximum atomic E-state index is 12.1. The number of carbonyl (C=O) groups is 1. The van der Waals surface area contributed by atoms with Crippen LogP contribution in [0.1, 0.15) is 12.5 Å². The highest BCUT2D eigenvalue weighted by molar-refractivity contribution is 5.89. The third kappa shape index (κ3) is 4.31. The molecule has 0 unspecified atom stereocenters. The minimum absolute atomic E-state index is 0.308. The van der Waals surface area contributed by atoms with Crippen molar-refractivity contribution in [3.05, 3.63) is 60.8 Å². The highest BCUT2D eigenvalue weighted by Crippen LogP contribution is 2.15. The normalized spacial score (nSPS) is 10.3. The van der Waals surface area contributed by atoms with Gasteiger partial charge in [-0.2, -0.15) is 5.10 Å². The summed E-state index contributed by atoms with van der Waals surface area (Å²) in [6, 6.07) is 10.6. The Morgan fingerprint density at radius 1 is 1.24 bits per heavy atom. The van der Waals surface area contributed by atoms with E-state index in [9.17, 15) is 4.79 Å². The Morgan fingerprint density at radius 3 is 2.80 bits per heavy atom. The molecule has 0 aliphatic carbocycles. The largest absolute Gasteiger partial charge is 0.494 e. The van der Waals surface area contributed by atoms with Crippen LogP contribution in [0.4, 0.5) is 10.5 Å². The molecule has 0 saturated carbocycles. The molecule has 0 atom stereocenters. The average Bonchev–Trinajstić information content (AvgIpc) is 3.17. The van der Waals surface area contributed by atoms with Crippen molar-refractivity contribution in [3.63, 3.8) is 0 Å². The molecule has 0 spiro atoms. The quantitative estimate of drug-likeness (QED) is 0.720. The molecule has 2 heterocycles. The first-order chi connectivity index (χ1) is 12.3. The van der Waals surface area contributed by atoms with Crippen LogP contribution in [0, 0.1) is 0 Å². The van der Waals surface area contributed by atoms with Gasteiger partial charge in [0.2, 0.25) is 0 Å². The number of aromatic nitrogens is 4. The molecule has 3 aromatic rings. The van der Waals surface area contributed by atoms with Gasteiger partial charge in [-0.05, 0) is 37.3 Å². The van der Waals surface area contributed by atoms with Crippen LogP contribution in [-0.4, -0.2) is 32.4 Å². The second kappa shape index (κ2) is 7.91. The molecule has 1 aromatic carbocycles. The van der Waals surface area contributed by atoms with Gasteiger partial charge in [-0.1, -0.05) is 6.07 Å². The number of amides is 2. The molecule has 128 valence electrons. The van der Waals surface area contributed by atoms with Gasteiger partial charge >= 0.3 is 6.03 Å². The smallest absolute Gasteiger partial charge is 0.319 e. The Balaban J connectivity index is 1.59. The molecule has 2 amide bonds. The Hall–Kier alpha value is -3.42. The van der Waals surface area contributed by atoms with Crippen molar-refractivity contribution in [2.24, 2.45) is 0 Å². The maximum absolute atomic E-state index is 12.1. The molecule has 25 heavy (non-hydrogen) atoms. The van der Waals surface area contributed by atoms with Gasteiger partial charge in [-0.3, -0.25) is 0 Å². The van der Waals surface area contributed by atoms with Gasteiger partial charge in [-0.25, -0.2) is 19.4 Å². The van der Waals surface area contributed by atoms with E-state index in [1.807, 2.05) is 31.2 Å². The van der Waals surface area contributed by atoms with E-state index < -0.39 is 0 Å². The maximum Gasteiger partial charge on any atom is 0.319 e. The summed E-state index contributed by atoms with van der Waals surface area (Å²) in [7, 11) is 0. The number of rotatable bonds is 6. The molecule has 0 aliphatic heterocycles. The summed E-state index contributed by atoms with van der Waals surface area (Å²) in [5.41, 5.74) is 1.51. The second-order valence-electron chi connectivity index (χ2n) is 5.09. The predicted molar refractivity (Wildman–Crippen MR) is 92.6 cm³/mol. The molecule has 0 bridgehead atoms. The second-order valence-corrected chi connectivity index (χ2v) is 5.09. The molecule has 0 fully saturated rings. The lowest BCUT2D eigenvalue weighted by Gasteiger charge is -2.11. The summed E-state index contributed by atoms with van der Waals surface area (Å²) in [6.07, 6.45) is 4.66. The van der Waals surface area contributed by atoms with Crippen molar-refractivity contribution in [1.29, 1.82) is 0 Å². The zero-order valence-corrected chi connectivity index (χ0v) is 13.7. The topological polar surface area (TPSA) is 94.0 Å². The molecule has 0 aliphatic rings. The van der Waals surface area contributed by atoms with Crippen LogP contribution in [0.25, 0.3) is 5.82 Å². The van der Waals surface area contributed by atoms with Crippen LogP contribution in [0.3, 0.4) is 0 Å². The van der Waals surface area contributed by atoms with Gasteiger partial charge in [0.05, 0.1) is 6.61 Å². The fraction of sp³-hybridized carbons (Fsp3) is 0.176. The number of hydrogen-bond donors (Lipinski definition) is 2. The summed E-state index contributed by atoms with van der Waals surface area (Å²) in [5, 5.41) is 9.65. The minimum Gasteiger partial charge on any atom is -0.494 e. The van der Waals surface area contributed by atoms with Crippen molar-refractivity contribution in [2.45, 2.75) is 13.5 Å². The summed E-state index contributed by atoms with van der Waals surface area (Å²) >= 11 is 0. The number of urea groups is 1. The van der Waals surface area contributed by atoms with Crippen LogP contribution in [-0.2, 0) is 6.54 Å². The van der Waals surface area contributed by atoms with Crippen molar-refractivity contribution >= 4 is 11.7 Å². The molecule has 0 saturated heterocycles. The van der Waals surface area contributed by atoms with Crippen LogP contribution in [0.5, 0.6) is 5.75 Å². The van der Waals surface area contributed by atoms with E-state index in [4.69, 9.17) is 4.74 Å². The van der Waals surface area contributed by atoms with Crippen LogP contribution in [0.15, 0.2) is 55.2 Å². The van der Waals surface area contributed by atoms with E-state index in [-0.39, 0.29) is 6.03 Å². The van der Waals surface area contributed by atoms with E-state index in [0.29, 0.717) is 24.7 Å². The molecular formula is C17H18N6O2. The zero-order chi connectivity index (χ0) is 17.5. The third-order valence-electron chi connectivity index (χ3n) is 3.37. The lowest BCUT2D eigenvalue weighted by Crippen LogP contribution is -2.28. The first-order valence-corrected chi connectivity index (χ1v) is 7.83. The number of hydrogen-bond acceptors (Lipinski definition) is 5. The SMILES string of the molecule is CCOc1ccc(NC(=O)NCc2cccnc2-n2cncn2)cc1. The molecule has 0 radical (unpaired) electrons. The van der Waals surface area contributed by atoms with E-state index in [2.05, 4.69) is 25.7 Å². The van der Waals surface area contributed by atoms with E-state index in [0.717, 1.165) is 11.3 Å². The lowest BCUT2D eigenvalue weighted by molar-refractivity contribution is 0.251. The number of ether oxygens (including phenoxy) is 1. The first kappa shape index (κ1) is 16.4. The van der Waals surface area contributed by atoms with Crippen molar-refractivity contribution < 1.29 is 9.53 Å². The van der Waals surface area contributed by atoms with Gasteiger partial charge < -0.3 is 15.4 Å². The fourth-order valence-electron chi connectivity index (χ4n) is 2.24. The standard InChI is InChI=1S/C17H18N6O2/c1-2-25-15-7-5-14(6-8-15)22-17(24)20-10-13-4-3-9-19-16(13)23-12-18-11-21-23/h3-9,11-12H,2,10H2,1H3,(H2,20,22,24). The molecular weight excluding hydrogens is 320 g/mol. The van der Waals surface area contributed by atoms with Crippen molar-refractivity contribution in [3.8, 4) is 11.6 Å². The number of nitrogens with one attached hydrogen (secondary N) is 2. The Bertz CT molecular complexity index is 817. The lowest BCUT2D eigenvalue weighted by atomic mass is 10.2. The van der Waals surface area contributed by atoms with Gasteiger partial charge in [-0.15, -0.1) is 0 Å². The number of nitrogens with zero attached hydrogens (tertiary/aromatic N) is 4.